The SMILES string of the molecule is CC1(CCC=O)CCC(CO)(c2cccc(OC3CCCCO3)c2)C1. The van der Waals surface area contributed by atoms with Gasteiger partial charge in [-0.25, -0.2) is 0 Å². The minimum Gasteiger partial charge on any atom is -0.465 e. The predicted octanol–water partition coefficient (Wildman–Crippen LogP) is 3.99. The lowest BCUT2D eigenvalue weighted by Crippen LogP contribution is -2.29. The summed E-state index contributed by atoms with van der Waals surface area (Å²) in [5.74, 6) is 0.818. The third-order valence-electron chi connectivity index (χ3n) is 5.99. The fourth-order valence-corrected chi connectivity index (χ4v) is 4.48. The Balaban J connectivity index is 1.75. The summed E-state index contributed by atoms with van der Waals surface area (Å²) >= 11 is 0. The van der Waals surface area contributed by atoms with Crippen LogP contribution in [0.25, 0.3) is 0 Å². The number of ether oxygens (including phenoxy) is 2. The Hall–Kier alpha value is -1.39. The third kappa shape index (κ3) is 4.24. The van der Waals surface area contributed by atoms with Crippen molar-refractivity contribution in [3.63, 3.8) is 0 Å². The van der Waals surface area contributed by atoms with Crippen LogP contribution in [0.4, 0.5) is 0 Å². The zero-order valence-corrected chi connectivity index (χ0v) is 15.2. The van der Waals surface area contributed by atoms with Crippen LogP contribution in [0.3, 0.4) is 0 Å². The standard InChI is InChI=1S/C21H30O4/c1-20(9-5-12-22)10-11-21(15-20,16-23)17-6-4-7-18(14-17)25-19-8-2-3-13-24-19/h4,6-7,12,14,19,23H,2-3,5,8-11,13,15-16H2,1H3. The summed E-state index contributed by atoms with van der Waals surface area (Å²) < 4.78 is 11.7. The Morgan fingerprint density at radius 3 is 2.96 bits per heavy atom. The molecule has 1 aliphatic carbocycles. The summed E-state index contributed by atoms with van der Waals surface area (Å²) in [6.07, 6.45) is 8.41. The zero-order chi connectivity index (χ0) is 17.8. The number of rotatable bonds is 7. The average Bonchev–Trinajstić information content (AvgIpc) is 3.00. The minimum atomic E-state index is -0.232. The molecule has 2 fully saturated rings. The molecule has 25 heavy (non-hydrogen) atoms. The summed E-state index contributed by atoms with van der Waals surface area (Å²) in [4.78, 5) is 10.8. The number of aliphatic hydroxyl groups is 1. The summed E-state index contributed by atoms with van der Waals surface area (Å²) in [5.41, 5.74) is 1.02. The highest BCUT2D eigenvalue weighted by Crippen LogP contribution is 2.53. The molecule has 0 radical (unpaired) electrons. The highest BCUT2D eigenvalue weighted by atomic mass is 16.7. The zero-order valence-electron chi connectivity index (χ0n) is 15.2. The van der Waals surface area contributed by atoms with E-state index in [1.165, 1.54) is 0 Å². The lowest BCUT2D eigenvalue weighted by atomic mass is 9.75. The molecule has 0 aromatic heterocycles. The van der Waals surface area contributed by atoms with Crippen molar-refractivity contribution in [1.82, 2.24) is 0 Å². The number of hydrogen-bond acceptors (Lipinski definition) is 4. The highest BCUT2D eigenvalue weighted by Gasteiger charge is 2.46. The van der Waals surface area contributed by atoms with Crippen molar-refractivity contribution >= 4 is 6.29 Å². The number of hydrogen-bond donors (Lipinski definition) is 1. The molecule has 0 bridgehead atoms. The Kier molecular flexibility index (Phi) is 5.80. The second-order valence-corrected chi connectivity index (χ2v) is 8.07. The molecule has 1 aliphatic heterocycles. The quantitative estimate of drug-likeness (QED) is 0.759. The van der Waals surface area contributed by atoms with Gasteiger partial charge in [0, 0.05) is 18.3 Å². The van der Waals surface area contributed by atoms with Gasteiger partial charge in [0.05, 0.1) is 13.2 Å². The van der Waals surface area contributed by atoms with E-state index in [9.17, 15) is 9.90 Å². The van der Waals surface area contributed by atoms with Gasteiger partial charge in [0.1, 0.15) is 12.0 Å². The summed E-state index contributed by atoms with van der Waals surface area (Å²) in [6, 6.07) is 8.13. The molecular formula is C21H30O4. The highest BCUT2D eigenvalue weighted by molar-refractivity contribution is 5.49. The topological polar surface area (TPSA) is 55.8 Å². The molecular weight excluding hydrogens is 316 g/mol. The van der Waals surface area contributed by atoms with Crippen LogP contribution in [-0.2, 0) is 14.9 Å². The minimum absolute atomic E-state index is 0.118. The predicted molar refractivity (Wildman–Crippen MR) is 96.7 cm³/mol. The number of carbonyl (C=O) groups excluding carboxylic acids is 1. The molecule has 1 N–H and O–H groups in total. The van der Waals surface area contributed by atoms with Crippen molar-refractivity contribution in [2.24, 2.45) is 5.41 Å². The Morgan fingerprint density at radius 2 is 2.24 bits per heavy atom. The van der Waals surface area contributed by atoms with E-state index >= 15 is 0 Å². The maximum Gasteiger partial charge on any atom is 0.199 e. The van der Waals surface area contributed by atoms with Gasteiger partial charge in [-0.1, -0.05) is 19.1 Å². The fraction of sp³-hybridized carbons (Fsp3) is 0.667. The van der Waals surface area contributed by atoms with Gasteiger partial charge >= 0.3 is 0 Å². The van der Waals surface area contributed by atoms with Gasteiger partial charge in [-0.15, -0.1) is 0 Å². The molecule has 1 heterocycles. The Labute approximate surface area is 150 Å². The summed E-state index contributed by atoms with van der Waals surface area (Å²) in [5, 5.41) is 10.2. The molecule has 0 amide bonds. The molecule has 1 aromatic carbocycles. The first-order chi connectivity index (χ1) is 12.1. The number of aliphatic hydroxyl groups excluding tert-OH is 1. The molecule has 1 aromatic rings. The van der Waals surface area contributed by atoms with Crippen LogP contribution >= 0.6 is 0 Å². The largest absolute Gasteiger partial charge is 0.465 e. The molecule has 3 rings (SSSR count). The molecule has 4 nitrogen and oxygen atoms in total. The van der Waals surface area contributed by atoms with Gasteiger partial charge in [0.15, 0.2) is 6.29 Å². The molecule has 138 valence electrons. The van der Waals surface area contributed by atoms with Crippen LogP contribution in [-0.4, -0.2) is 30.9 Å². The third-order valence-corrected chi connectivity index (χ3v) is 5.99. The van der Waals surface area contributed by atoms with E-state index in [0.29, 0.717) is 6.42 Å². The monoisotopic (exact) mass is 346 g/mol. The Bertz CT molecular complexity index is 581. The molecule has 2 aliphatic rings. The number of benzene rings is 1. The summed E-state index contributed by atoms with van der Waals surface area (Å²) in [7, 11) is 0. The van der Waals surface area contributed by atoms with E-state index in [-0.39, 0.29) is 23.7 Å². The van der Waals surface area contributed by atoms with Crippen LogP contribution in [0.15, 0.2) is 24.3 Å². The summed E-state index contributed by atoms with van der Waals surface area (Å²) in [6.45, 7) is 3.14. The van der Waals surface area contributed by atoms with Gasteiger partial charge < -0.3 is 19.4 Å². The van der Waals surface area contributed by atoms with E-state index in [4.69, 9.17) is 9.47 Å². The average molecular weight is 346 g/mol. The van der Waals surface area contributed by atoms with Crippen LogP contribution < -0.4 is 4.74 Å². The van der Waals surface area contributed by atoms with Gasteiger partial charge in [0.25, 0.3) is 0 Å². The van der Waals surface area contributed by atoms with E-state index < -0.39 is 0 Å². The smallest absolute Gasteiger partial charge is 0.199 e. The van der Waals surface area contributed by atoms with Gasteiger partial charge in [-0.3, -0.25) is 0 Å². The fourth-order valence-electron chi connectivity index (χ4n) is 4.48. The number of carbonyl (C=O) groups is 1. The first-order valence-corrected chi connectivity index (χ1v) is 9.53. The molecule has 1 saturated heterocycles. The maximum atomic E-state index is 10.8. The van der Waals surface area contributed by atoms with E-state index in [0.717, 1.165) is 69.2 Å². The lowest BCUT2D eigenvalue weighted by Gasteiger charge is -2.31. The van der Waals surface area contributed by atoms with Gasteiger partial charge in [0.2, 0.25) is 0 Å². The second-order valence-electron chi connectivity index (χ2n) is 8.07. The van der Waals surface area contributed by atoms with Gasteiger partial charge in [-0.2, -0.15) is 0 Å². The van der Waals surface area contributed by atoms with Gasteiger partial charge in [-0.05, 0) is 61.6 Å². The van der Waals surface area contributed by atoms with Crippen LogP contribution in [0, 0.1) is 5.41 Å². The van der Waals surface area contributed by atoms with Crippen molar-refractivity contribution in [3.05, 3.63) is 29.8 Å². The molecule has 3 atom stereocenters. The van der Waals surface area contributed by atoms with E-state index in [1.54, 1.807) is 0 Å². The van der Waals surface area contributed by atoms with Crippen LogP contribution in [0.1, 0.15) is 63.9 Å². The van der Waals surface area contributed by atoms with Crippen molar-refractivity contribution in [2.75, 3.05) is 13.2 Å². The van der Waals surface area contributed by atoms with Crippen molar-refractivity contribution in [1.29, 1.82) is 0 Å². The lowest BCUT2D eigenvalue weighted by molar-refractivity contribution is -0.108. The van der Waals surface area contributed by atoms with E-state index in [2.05, 4.69) is 19.1 Å². The molecule has 0 spiro atoms. The van der Waals surface area contributed by atoms with Crippen LogP contribution in [0.2, 0.25) is 0 Å². The first kappa shape index (κ1) is 18.4. The molecule has 4 heteroatoms. The second kappa shape index (κ2) is 7.88. The van der Waals surface area contributed by atoms with Crippen molar-refractivity contribution in [3.8, 4) is 5.75 Å². The maximum absolute atomic E-state index is 10.8. The molecule has 1 saturated carbocycles. The van der Waals surface area contributed by atoms with Crippen molar-refractivity contribution < 1.29 is 19.4 Å². The van der Waals surface area contributed by atoms with Crippen LogP contribution in [0.5, 0.6) is 5.75 Å². The normalized spacial score (nSPS) is 32.5. The van der Waals surface area contributed by atoms with E-state index in [1.807, 2.05) is 12.1 Å². The van der Waals surface area contributed by atoms with Crippen molar-refractivity contribution in [2.45, 2.75) is 70.0 Å². The Morgan fingerprint density at radius 1 is 1.36 bits per heavy atom. The molecule has 3 unspecified atom stereocenters. The first-order valence-electron chi connectivity index (χ1n) is 9.53. The number of aldehydes is 1.